The Hall–Kier alpha value is -1.27. The van der Waals surface area contributed by atoms with Crippen LogP contribution in [0.4, 0.5) is 0 Å². The van der Waals surface area contributed by atoms with Crippen molar-refractivity contribution in [2.45, 2.75) is 32.1 Å². The summed E-state index contributed by atoms with van der Waals surface area (Å²) in [6.45, 7) is 6.14. The molecule has 2 aromatic carbocycles. The summed E-state index contributed by atoms with van der Waals surface area (Å²) >= 11 is 6.16. The third-order valence-electron chi connectivity index (χ3n) is 3.43. The highest BCUT2D eigenvalue weighted by Crippen LogP contribution is 2.29. The number of fused-ring (bicyclic) bond motifs is 1. The standard InChI is InChI=1S/C17H19Cl/c1-3-5-8-14-11-13(4-2)15-9-6-7-10-16(15)17(14)12-18/h4,6-7,9-11H,2-3,5,8,12H2,1H3. The zero-order chi connectivity index (χ0) is 13.0. The lowest BCUT2D eigenvalue weighted by atomic mass is 9.93. The van der Waals surface area contributed by atoms with E-state index in [1.807, 2.05) is 6.08 Å². The Labute approximate surface area is 114 Å². The summed E-state index contributed by atoms with van der Waals surface area (Å²) < 4.78 is 0. The molecule has 0 saturated heterocycles. The molecule has 0 radical (unpaired) electrons. The Morgan fingerprint density at radius 3 is 2.56 bits per heavy atom. The summed E-state index contributed by atoms with van der Waals surface area (Å²) in [5, 5.41) is 2.53. The zero-order valence-corrected chi connectivity index (χ0v) is 11.6. The molecule has 0 N–H and O–H groups in total. The Balaban J connectivity index is 2.66. The molecular weight excluding hydrogens is 240 g/mol. The summed E-state index contributed by atoms with van der Waals surface area (Å²) in [5.74, 6) is 0.580. The molecule has 0 spiro atoms. The van der Waals surface area contributed by atoms with Crippen LogP contribution in [0.25, 0.3) is 16.8 Å². The van der Waals surface area contributed by atoms with Crippen molar-refractivity contribution >= 4 is 28.4 Å². The molecule has 0 bridgehead atoms. The van der Waals surface area contributed by atoms with Gasteiger partial charge in [0.2, 0.25) is 0 Å². The summed E-state index contributed by atoms with van der Waals surface area (Å²) in [7, 11) is 0. The zero-order valence-electron chi connectivity index (χ0n) is 10.9. The van der Waals surface area contributed by atoms with Gasteiger partial charge in [-0.1, -0.05) is 56.3 Å². The highest BCUT2D eigenvalue weighted by molar-refractivity contribution is 6.18. The van der Waals surface area contributed by atoms with E-state index in [0.717, 1.165) is 6.42 Å². The normalized spacial score (nSPS) is 10.8. The Morgan fingerprint density at radius 1 is 1.22 bits per heavy atom. The predicted octanol–water partition coefficient (Wildman–Crippen LogP) is 5.56. The van der Waals surface area contributed by atoms with Crippen molar-refractivity contribution in [2.75, 3.05) is 0 Å². The van der Waals surface area contributed by atoms with Crippen molar-refractivity contribution in [1.82, 2.24) is 0 Å². The van der Waals surface area contributed by atoms with Gasteiger partial charge in [-0.15, -0.1) is 11.6 Å². The number of rotatable bonds is 5. The van der Waals surface area contributed by atoms with Gasteiger partial charge in [0.1, 0.15) is 0 Å². The molecule has 0 unspecified atom stereocenters. The molecule has 0 amide bonds. The highest BCUT2D eigenvalue weighted by Gasteiger charge is 2.09. The number of halogens is 1. The number of unbranched alkanes of at least 4 members (excludes halogenated alkanes) is 1. The molecule has 0 aliphatic heterocycles. The van der Waals surface area contributed by atoms with Gasteiger partial charge in [-0.25, -0.2) is 0 Å². The molecule has 0 atom stereocenters. The van der Waals surface area contributed by atoms with E-state index in [0.29, 0.717) is 5.88 Å². The summed E-state index contributed by atoms with van der Waals surface area (Å²) in [6.07, 6.45) is 5.46. The van der Waals surface area contributed by atoms with Crippen LogP contribution >= 0.6 is 11.6 Å². The van der Waals surface area contributed by atoms with Gasteiger partial charge < -0.3 is 0 Å². The first-order valence-corrected chi connectivity index (χ1v) is 7.07. The van der Waals surface area contributed by atoms with Gasteiger partial charge >= 0.3 is 0 Å². The van der Waals surface area contributed by atoms with Crippen LogP contribution < -0.4 is 0 Å². The van der Waals surface area contributed by atoms with Crippen LogP contribution in [0.2, 0.25) is 0 Å². The third kappa shape index (κ3) is 2.44. The first kappa shape index (κ1) is 13.2. The van der Waals surface area contributed by atoms with Crippen molar-refractivity contribution in [3.8, 4) is 0 Å². The van der Waals surface area contributed by atoms with E-state index >= 15 is 0 Å². The van der Waals surface area contributed by atoms with E-state index in [-0.39, 0.29) is 0 Å². The maximum atomic E-state index is 6.16. The second-order valence-corrected chi connectivity index (χ2v) is 4.86. The second kappa shape index (κ2) is 6.06. The number of hydrogen-bond acceptors (Lipinski definition) is 0. The number of aryl methyl sites for hydroxylation is 1. The van der Waals surface area contributed by atoms with E-state index in [1.54, 1.807) is 0 Å². The maximum Gasteiger partial charge on any atom is 0.0482 e. The van der Waals surface area contributed by atoms with E-state index in [1.165, 1.54) is 40.3 Å². The first-order valence-electron chi connectivity index (χ1n) is 6.53. The third-order valence-corrected chi connectivity index (χ3v) is 3.70. The quantitative estimate of drug-likeness (QED) is 0.616. The minimum Gasteiger partial charge on any atom is -0.122 e. The summed E-state index contributed by atoms with van der Waals surface area (Å²) in [5.41, 5.74) is 3.87. The van der Waals surface area contributed by atoms with Gasteiger partial charge in [0.15, 0.2) is 0 Å². The van der Waals surface area contributed by atoms with Crippen molar-refractivity contribution in [1.29, 1.82) is 0 Å². The smallest absolute Gasteiger partial charge is 0.0482 e. The van der Waals surface area contributed by atoms with Crippen molar-refractivity contribution in [3.63, 3.8) is 0 Å². The largest absolute Gasteiger partial charge is 0.122 e. The molecule has 2 aromatic rings. The number of benzene rings is 2. The lowest BCUT2D eigenvalue weighted by molar-refractivity contribution is 0.791. The van der Waals surface area contributed by atoms with Gasteiger partial charge in [0, 0.05) is 5.88 Å². The fourth-order valence-electron chi connectivity index (χ4n) is 2.44. The lowest BCUT2D eigenvalue weighted by Crippen LogP contribution is -1.96. The van der Waals surface area contributed by atoms with Crippen LogP contribution in [-0.2, 0) is 12.3 Å². The van der Waals surface area contributed by atoms with Crippen LogP contribution in [0.1, 0.15) is 36.5 Å². The van der Waals surface area contributed by atoms with Crippen molar-refractivity contribution in [3.05, 3.63) is 53.6 Å². The predicted molar refractivity (Wildman–Crippen MR) is 82.2 cm³/mol. The van der Waals surface area contributed by atoms with Gasteiger partial charge in [-0.2, -0.15) is 0 Å². The molecule has 0 heterocycles. The average molecular weight is 259 g/mol. The molecular formula is C17H19Cl. The van der Waals surface area contributed by atoms with Crippen LogP contribution in [0.5, 0.6) is 0 Å². The lowest BCUT2D eigenvalue weighted by Gasteiger charge is -2.13. The Morgan fingerprint density at radius 2 is 1.94 bits per heavy atom. The topological polar surface area (TPSA) is 0 Å². The van der Waals surface area contributed by atoms with Gasteiger partial charge in [0.25, 0.3) is 0 Å². The SMILES string of the molecule is C=Cc1cc(CCCC)c(CCl)c2ccccc12. The Bertz CT molecular complexity index is 555. The molecule has 0 aliphatic rings. The molecule has 0 fully saturated rings. The minimum absolute atomic E-state index is 0.580. The number of alkyl halides is 1. The first-order chi connectivity index (χ1) is 8.81. The summed E-state index contributed by atoms with van der Waals surface area (Å²) in [6, 6.07) is 10.7. The van der Waals surface area contributed by atoms with Crippen molar-refractivity contribution in [2.24, 2.45) is 0 Å². The fraction of sp³-hybridized carbons (Fsp3) is 0.294. The van der Waals surface area contributed by atoms with Crippen LogP contribution in [0, 0.1) is 0 Å². The molecule has 94 valence electrons. The molecule has 0 aliphatic carbocycles. The number of hydrogen-bond donors (Lipinski definition) is 0. The highest BCUT2D eigenvalue weighted by atomic mass is 35.5. The minimum atomic E-state index is 0.580. The molecule has 18 heavy (non-hydrogen) atoms. The van der Waals surface area contributed by atoms with Crippen LogP contribution in [0.15, 0.2) is 36.9 Å². The van der Waals surface area contributed by atoms with Gasteiger partial charge in [0.05, 0.1) is 0 Å². The van der Waals surface area contributed by atoms with Gasteiger partial charge in [-0.05, 0) is 40.3 Å². The molecule has 0 saturated carbocycles. The van der Waals surface area contributed by atoms with E-state index in [4.69, 9.17) is 11.6 Å². The van der Waals surface area contributed by atoms with Gasteiger partial charge in [-0.3, -0.25) is 0 Å². The molecule has 0 aromatic heterocycles. The van der Waals surface area contributed by atoms with E-state index in [9.17, 15) is 0 Å². The average Bonchev–Trinajstić information content (AvgIpc) is 2.43. The van der Waals surface area contributed by atoms with Crippen LogP contribution in [-0.4, -0.2) is 0 Å². The summed E-state index contributed by atoms with van der Waals surface area (Å²) in [4.78, 5) is 0. The van der Waals surface area contributed by atoms with Crippen LogP contribution in [0.3, 0.4) is 0 Å². The van der Waals surface area contributed by atoms with Crippen molar-refractivity contribution < 1.29 is 0 Å². The van der Waals surface area contributed by atoms with E-state index in [2.05, 4.69) is 43.8 Å². The Kier molecular flexibility index (Phi) is 4.43. The maximum absolute atomic E-state index is 6.16. The molecule has 2 rings (SSSR count). The monoisotopic (exact) mass is 258 g/mol. The molecule has 0 nitrogen and oxygen atoms in total. The molecule has 1 heteroatoms. The second-order valence-electron chi connectivity index (χ2n) is 4.59. The fourth-order valence-corrected chi connectivity index (χ4v) is 2.76. The van der Waals surface area contributed by atoms with E-state index < -0.39 is 0 Å².